The summed E-state index contributed by atoms with van der Waals surface area (Å²) in [5.74, 6) is 0. The molecule has 2 rings (SSSR count). The molecule has 0 aliphatic rings. The Balaban J connectivity index is 2.02. The fourth-order valence-electron chi connectivity index (χ4n) is 1.76. The Morgan fingerprint density at radius 2 is 2.24 bits per heavy atom. The van der Waals surface area contributed by atoms with Crippen molar-refractivity contribution in [3.8, 4) is 6.07 Å². The van der Waals surface area contributed by atoms with Crippen LogP contribution in [0.25, 0.3) is 0 Å². The van der Waals surface area contributed by atoms with E-state index in [9.17, 15) is 0 Å². The molecule has 0 saturated heterocycles. The molecular weight excluding hydrogens is 228 g/mol. The molecule has 3 heteroatoms. The van der Waals surface area contributed by atoms with Crippen LogP contribution in [-0.2, 0) is 6.42 Å². The molecule has 0 saturated carbocycles. The number of para-hydroxylation sites is 1. The molecule has 1 N–H and O–H groups in total. The summed E-state index contributed by atoms with van der Waals surface area (Å²) >= 11 is 1.72. The molecule has 1 aromatic heterocycles. The number of nitriles is 1. The smallest absolute Gasteiger partial charge is 0.101 e. The molecule has 1 heterocycles. The van der Waals surface area contributed by atoms with E-state index in [0.29, 0.717) is 0 Å². The van der Waals surface area contributed by atoms with E-state index in [0.717, 1.165) is 29.8 Å². The van der Waals surface area contributed by atoms with Gasteiger partial charge in [0.15, 0.2) is 0 Å². The van der Waals surface area contributed by atoms with Gasteiger partial charge in [0.2, 0.25) is 0 Å². The van der Waals surface area contributed by atoms with E-state index < -0.39 is 0 Å². The highest BCUT2D eigenvalue weighted by atomic mass is 32.1. The van der Waals surface area contributed by atoms with Crippen LogP contribution in [0.15, 0.2) is 35.0 Å². The molecule has 0 atom stereocenters. The zero-order chi connectivity index (χ0) is 12.1. The number of hydrogen-bond donors (Lipinski definition) is 1. The predicted octanol–water partition coefficient (Wildman–Crippen LogP) is 3.58. The van der Waals surface area contributed by atoms with Crippen molar-refractivity contribution in [1.82, 2.24) is 0 Å². The van der Waals surface area contributed by atoms with E-state index in [-0.39, 0.29) is 0 Å². The predicted molar refractivity (Wildman–Crippen MR) is 72.4 cm³/mol. The molecule has 17 heavy (non-hydrogen) atoms. The van der Waals surface area contributed by atoms with Gasteiger partial charge in [-0.3, -0.25) is 0 Å². The summed E-state index contributed by atoms with van der Waals surface area (Å²) in [5.41, 5.74) is 4.14. The first kappa shape index (κ1) is 11.7. The van der Waals surface area contributed by atoms with Gasteiger partial charge in [-0.1, -0.05) is 12.1 Å². The summed E-state index contributed by atoms with van der Waals surface area (Å²) in [5, 5.41) is 16.6. The van der Waals surface area contributed by atoms with E-state index in [1.54, 1.807) is 11.3 Å². The number of nitrogens with one attached hydrogen (secondary N) is 1. The first-order chi connectivity index (χ1) is 8.31. The van der Waals surface area contributed by atoms with Gasteiger partial charge in [0.25, 0.3) is 0 Å². The molecule has 0 spiro atoms. The Kier molecular flexibility index (Phi) is 3.79. The summed E-state index contributed by atoms with van der Waals surface area (Å²) in [6.07, 6.45) is 0.989. The lowest BCUT2D eigenvalue weighted by molar-refractivity contribution is 1.02. The number of aryl methyl sites for hydroxylation is 1. The molecule has 1 aromatic carbocycles. The van der Waals surface area contributed by atoms with Gasteiger partial charge in [-0.15, -0.1) is 0 Å². The summed E-state index contributed by atoms with van der Waals surface area (Å²) in [4.78, 5) is 0. The molecule has 0 radical (unpaired) electrons. The quantitative estimate of drug-likeness (QED) is 0.889. The third kappa shape index (κ3) is 2.86. The summed E-state index contributed by atoms with van der Waals surface area (Å²) in [6, 6.07) is 10.1. The van der Waals surface area contributed by atoms with Crippen molar-refractivity contribution in [2.24, 2.45) is 0 Å². The van der Waals surface area contributed by atoms with Crippen LogP contribution >= 0.6 is 11.3 Å². The standard InChI is InChI=1S/C14H14N2S/c1-11-3-2-4-13(9-15)14(11)16-7-5-12-6-8-17-10-12/h2-4,6,8,10,16H,5,7H2,1H3. The van der Waals surface area contributed by atoms with Gasteiger partial charge >= 0.3 is 0 Å². The maximum absolute atomic E-state index is 9.04. The minimum absolute atomic E-state index is 0.718. The SMILES string of the molecule is Cc1cccc(C#N)c1NCCc1ccsc1. The third-order valence-corrected chi connectivity index (χ3v) is 3.42. The highest BCUT2D eigenvalue weighted by molar-refractivity contribution is 7.07. The van der Waals surface area contributed by atoms with Crippen LogP contribution in [0.1, 0.15) is 16.7 Å². The molecule has 2 nitrogen and oxygen atoms in total. The van der Waals surface area contributed by atoms with Crippen molar-refractivity contribution in [3.63, 3.8) is 0 Å². The van der Waals surface area contributed by atoms with Gasteiger partial charge < -0.3 is 5.32 Å². The first-order valence-electron chi connectivity index (χ1n) is 5.56. The summed E-state index contributed by atoms with van der Waals surface area (Å²) in [7, 11) is 0. The number of hydrogen-bond acceptors (Lipinski definition) is 3. The lowest BCUT2D eigenvalue weighted by Crippen LogP contribution is -2.07. The number of thiophene rings is 1. The zero-order valence-electron chi connectivity index (χ0n) is 9.73. The Morgan fingerprint density at radius 3 is 2.94 bits per heavy atom. The highest BCUT2D eigenvalue weighted by Crippen LogP contribution is 2.19. The Hall–Kier alpha value is -1.79. The van der Waals surface area contributed by atoms with E-state index >= 15 is 0 Å². The maximum Gasteiger partial charge on any atom is 0.101 e. The fourth-order valence-corrected chi connectivity index (χ4v) is 2.47. The Labute approximate surface area is 106 Å². The van der Waals surface area contributed by atoms with Crippen LogP contribution in [0.3, 0.4) is 0 Å². The second-order valence-electron chi connectivity index (χ2n) is 3.92. The van der Waals surface area contributed by atoms with Crippen LogP contribution in [0, 0.1) is 18.3 Å². The van der Waals surface area contributed by atoms with Gasteiger partial charge in [-0.25, -0.2) is 0 Å². The van der Waals surface area contributed by atoms with E-state index in [1.807, 2.05) is 25.1 Å². The van der Waals surface area contributed by atoms with Gasteiger partial charge in [0.1, 0.15) is 6.07 Å². The fraction of sp³-hybridized carbons (Fsp3) is 0.214. The second kappa shape index (κ2) is 5.51. The van der Waals surface area contributed by atoms with Crippen molar-refractivity contribution >= 4 is 17.0 Å². The van der Waals surface area contributed by atoms with Gasteiger partial charge in [0, 0.05) is 6.54 Å². The van der Waals surface area contributed by atoms with Crippen LogP contribution in [-0.4, -0.2) is 6.54 Å². The monoisotopic (exact) mass is 242 g/mol. The molecular formula is C14H14N2S. The first-order valence-corrected chi connectivity index (χ1v) is 6.50. The van der Waals surface area contributed by atoms with Crippen molar-refractivity contribution < 1.29 is 0 Å². The molecule has 0 aliphatic carbocycles. The highest BCUT2D eigenvalue weighted by Gasteiger charge is 2.04. The van der Waals surface area contributed by atoms with Gasteiger partial charge in [-0.2, -0.15) is 16.6 Å². The average Bonchev–Trinajstić information content (AvgIpc) is 2.84. The number of benzene rings is 1. The van der Waals surface area contributed by atoms with Crippen LogP contribution in [0.4, 0.5) is 5.69 Å². The van der Waals surface area contributed by atoms with E-state index in [2.05, 4.69) is 28.2 Å². The van der Waals surface area contributed by atoms with Crippen LogP contribution in [0.2, 0.25) is 0 Å². The van der Waals surface area contributed by atoms with Gasteiger partial charge in [-0.05, 0) is 47.4 Å². The Morgan fingerprint density at radius 1 is 1.35 bits per heavy atom. The molecule has 0 fully saturated rings. The Bertz CT molecular complexity index is 524. The van der Waals surface area contributed by atoms with E-state index in [4.69, 9.17) is 5.26 Å². The summed E-state index contributed by atoms with van der Waals surface area (Å²) < 4.78 is 0. The largest absolute Gasteiger partial charge is 0.383 e. The summed E-state index contributed by atoms with van der Waals surface area (Å²) in [6.45, 7) is 2.88. The molecule has 0 unspecified atom stereocenters. The zero-order valence-corrected chi connectivity index (χ0v) is 10.6. The lowest BCUT2D eigenvalue weighted by atomic mass is 10.1. The van der Waals surface area contributed by atoms with Crippen LogP contribution in [0.5, 0.6) is 0 Å². The minimum Gasteiger partial charge on any atom is -0.383 e. The van der Waals surface area contributed by atoms with Crippen LogP contribution < -0.4 is 5.32 Å². The minimum atomic E-state index is 0.718. The molecule has 0 aliphatic heterocycles. The number of nitrogens with zero attached hydrogens (tertiary/aromatic N) is 1. The average molecular weight is 242 g/mol. The molecule has 0 amide bonds. The molecule has 2 aromatic rings. The molecule has 0 bridgehead atoms. The molecule has 86 valence electrons. The second-order valence-corrected chi connectivity index (χ2v) is 4.70. The number of rotatable bonds is 4. The normalized spacial score (nSPS) is 9.88. The lowest BCUT2D eigenvalue weighted by Gasteiger charge is -2.10. The number of anilines is 1. The van der Waals surface area contributed by atoms with Gasteiger partial charge in [0.05, 0.1) is 11.3 Å². The van der Waals surface area contributed by atoms with E-state index in [1.165, 1.54) is 5.56 Å². The van der Waals surface area contributed by atoms with Crippen molar-refractivity contribution in [3.05, 3.63) is 51.7 Å². The third-order valence-electron chi connectivity index (χ3n) is 2.69. The van der Waals surface area contributed by atoms with Crippen molar-refractivity contribution in [1.29, 1.82) is 5.26 Å². The van der Waals surface area contributed by atoms with Crippen molar-refractivity contribution in [2.75, 3.05) is 11.9 Å². The topological polar surface area (TPSA) is 35.8 Å². The van der Waals surface area contributed by atoms with Crippen molar-refractivity contribution in [2.45, 2.75) is 13.3 Å². The maximum atomic E-state index is 9.04.